The van der Waals surface area contributed by atoms with Crippen molar-refractivity contribution in [3.8, 4) is 5.75 Å². The zero-order chi connectivity index (χ0) is 14.5. The minimum absolute atomic E-state index is 0.0258. The van der Waals surface area contributed by atoms with E-state index in [-0.39, 0.29) is 11.9 Å². The molecule has 2 rings (SSSR count). The molecule has 0 aromatic heterocycles. The maximum Gasteiger partial charge on any atom is 0.131 e. The number of hydrogen-bond donors (Lipinski definition) is 1. The first-order chi connectivity index (χ1) is 9.61. The van der Waals surface area contributed by atoms with E-state index in [2.05, 4.69) is 12.2 Å². The number of halogens is 1. The smallest absolute Gasteiger partial charge is 0.131 e. The summed E-state index contributed by atoms with van der Waals surface area (Å²) in [4.78, 5) is 0. The van der Waals surface area contributed by atoms with Crippen LogP contribution in [0.4, 0.5) is 4.39 Å². The molecule has 0 amide bonds. The second-order valence-electron chi connectivity index (χ2n) is 5.96. The van der Waals surface area contributed by atoms with Crippen molar-refractivity contribution in [3.05, 3.63) is 29.6 Å². The van der Waals surface area contributed by atoms with Gasteiger partial charge in [-0.3, -0.25) is 0 Å². The Kier molecular flexibility index (Phi) is 5.41. The molecule has 2 nitrogen and oxygen atoms in total. The van der Waals surface area contributed by atoms with Gasteiger partial charge in [0, 0.05) is 23.7 Å². The second-order valence-corrected chi connectivity index (χ2v) is 5.96. The summed E-state index contributed by atoms with van der Waals surface area (Å²) in [7, 11) is 1.56. The van der Waals surface area contributed by atoms with Gasteiger partial charge in [0.15, 0.2) is 0 Å². The van der Waals surface area contributed by atoms with Crippen molar-refractivity contribution >= 4 is 0 Å². The summed E-state index contributed by atoms with van der Waals surface area (Å²) in [5.41, 5.74) is 0.716. The van der Waals surface area contributed by atoms with Crippen LogP contribution in [-0.2, 0) is 0 Å². The Morgan fingerprint density at radius 2 is 1.90 bits per heavy atom. The van der Waals surface area contributed by atoms with E-state index in [9.17, 15) is 4.39 Å². The third-order valence-corrected chi connectivity index (χ3v) is 4.54. The van der Waals surface area contributed by atoms with Crippen LogP contribution in [0.15, 0.2) is 18.2 Å². The Hall–Kier alpha value is -1.09. The molecule has 0 bridgehead atoms. The van der Waals surface area contributed by atoms with Crippen molar-refractivity contribution in [2.75, 3.05) is 7.11 Å². The fourth-order valence-electron chi connectivity index (χ4n) is 3.24. The summed E-state index contributed by atoms with van der Waals surface area (Å²) in [6.07, 6.45) is 6.63. The number of rotatable bonds is 5. The van der Waals surface area contributed by atoms with Crippen molar-refractivity contribution < 1.29 is 9.13 Å². The molecule has 1 aliphatic rings. The SMILES string of the molecule is COc1ccc(C(C)NC(C)C2CCCCC2)c(F)c1. The summed E-state index contributed by atoms with van der Waals surface area (Å²) in [5.74, 6) is 1.10. The van der Waals surface area contributed by atoms with E-state index in [4.69, 9.17) is 4.74 Å². The van der Waals surface area contributed by atoms with Gasteiger partial charge in [0.1, 0.15) is 11.6 Å². The van der Waals surface area contributed by atoms with Gasteiger partial charge in [-0.15, -0.1) is 0 Å². The van der Waals surface area contributed by atoms with Crippen LogP contribution in [0.5, 0.6) is 5.75 Å². The Labute approximate surface area is 121 Å². The van der Waals surface area contributed by atoms with Gasteiger partial charge in [-0.2, -0.15) is 0 Å². The predicted molar refractivity (Wildman–Crippen MR) is 80.5 cm³/mol. The molecule has 0 heterocycles. The highest BCUT2D eigenvalue weighted by Crippen LogP contribution is 2.28. The van der Waals surface area contributed by atoms with Gasteiger partial charge in [-0.05, 0) is 38.7 Å². The highest BCUT2D eigenvalue weighted by molar-refractivity contribution is 5.30. The number of ether oxygens (including phenoxy) is 1. The number of benzene rings is 1. The third kappa shape index (κ3) is 3.72. The Balaban J connectivity index is 1.98. The predicted octanol–water partition coefficient (Wildman–Crippen LogP) is 4.45. The molecule has 0 aliphatic heterocycles. The van der Waals surface area contributed by atoms with Crippen molar-refractivity contribution in [2.45, 2.75) is 58.0 Å². The van der Waals surface area contributed by atoms with Crippen molar-refractivity contribution in [3.63, 3.8) is 0 Å². The van der Waals surface area contributed by atoms with Crippen LogP contribution >= 0.6 is 0 Å². The Morgan fingerprint density at radius 1 is 1.20 bits per heavy atom. The van der Waals surface area contributed by atoms with Crippen LogP contribution < -0.4 is 10.1 Å². The third-order valence-electron chi connectivity index (χ3n) is 4.54. The van der Waals surface area contributed by atoms with E-state index in [0.717, 1.165) is 5.92 Å². The largest absolute Gasteiger partial charge is 0.497 e. The molecule has 2 unspecified atom stereocenters. The summed E-state index contributed by atoms with van der Waals surface area (Å²) in [6, 6.07) is 5.56. The Morgan fingerprint density at radius 3 is 2.50 bits per heavy atom. The van der Waals surface area contributed by atoms with Crippen molar-refractivity contribution in [2.24, 2.45) is 5.92 Å². The van der Waals surface area contributed by atoms with Gasteiger partial charge < -0.3 is 10.1 Å². The molecule has 3 heteroatoms. The van der Waals surface area contributed by atoms with E-state index in [0.29, 0.717) is 17.4 Å². The first-order valence-corrected chi connectivity index (χ1v) is 7.71. The zero-order valence-electron chi connectivity index (χ0n) is 12.8. The quantitative estimate of drug-likeness (QED) is 0.859. The molecule has 20 heavy (non-hydrogen) atoms. The minimum atomic E-state index is -0.194. The summed E-state index contributed by atoms with van der Waals surface area (Å²) < 4.78 is 19.1. The number of methoxy groups -OCH3 is 1. The van der Waals surface area contributed by atoms with E-state index in [1.165, 1.54) is 38.2 Å². The average molecular weight is 279 g/mol. The van der Waals surface area contributed by atoms with Crippen LogP contribution in [0.3, 0.4) is 0 Å². The van der Waals surface area contributed by atoms with Gasteiger partial charge in [-0.25, -0.2) is 4.39 Å². The van der Waals surface area contributed by atoms with Crippen molar-refractivity contribution in [1.29, 1.82) is 0 Å². The monoisotopic (exact) mass is 279 g/mol. The lowest BCUT2D eigenvalue weighted by molar-refractivity contribution is 0.267. The topological polar surface area (TPSA) is 21.3 Å². The molecule has 1 aliphatic carbocycles. The standard InChI is InChI=1S/C17H26FNO/c1-12(14-7-5-4-6-8-14)19-13(2)16-10-9-15(20-3)11-17(16)18/h9-14,19H,4-8H2,1-3H3. The molecule has 0 saturated heterocycles. The fraction of sp³-hybridized carbons (Fsp3) is 0.647. The van der Waals surface area contributed by atoms with E-state index in [1.54, 1.807) is 7.11 Å². The van der Waals surface area contributed by atoms with Gasteiger partial charge in [-0.1, -0.05) is 25.3 Å². The fourth-order valence-corrected chi connectivity index (χ4v) is 3.24. The molecule has 1 aromatic carbocycles. The zero-order valence-corrected chi connectivity index (χ0v) is 12.8. The molecule has 1 aromatic rings. The van der Waals surface area contributed by atoms with Gasteiger partial charge in [0.2, 0.25) is 0 Å². The molecular weight excluding hydrogens is 253 g/mol. The number of nitrogens with one attached hydrogen (secondary N) is 1. The maximum absolute atomic E-state index is 14.1. The van der Waals surface area contributed by atoms with Crippen LogP contribution in [0, 0.1) is 11.7 Å². The highest BCUT2D eigenvalue weighted by atomic mass is 19.1. The lowest BCUT2D eigenvalue weighted by Crippen LogP contribution is -2.36. The molecule has 2 atom stereocenters. The second kappa shape index (κ2) is 7.07. The maximum atomic E-state index is 14.1. The normalized spacial score (nSPS) is 19.6. The summed E-state index contributed by atoms with van der Waals surface area (Å²) >= 11 is 0. The van der Waals surface area contributed by atoms with Gasteiger partial charge in [0.25, 0.3) is 0 Å². The highest BCUT2D eigenvalue weighted by Gasteiger charge is 2.22. The first-order valence-electron chi connectivity index (χ1n) is 7.71. The van der Waals surface area contributed by atoms with E-state index >= 15 is 0 Å². The minimum Gasteiger partial charge on any atom is -0.497 e. The molecular formula is C17H26FNO. The lowest BCUT2D eigenvalue weighted by Gasteiger charge is -2.31. The van der Waals surface area contributed by atoms with Crippen LogP contribution in [0.25, 0.3) is 0 Å². The molecule has 0 radical (unpaired) electrons. The van der Waals surface area contributed by atoms with Crippen LogP contribution in [0.1, 0.15) is 57.6 Å². The molecule has 1 saturated carbocycles. The lowest BCUT2D eigenvalue weighted by atomic mass is 9.84. The van der Waals surface area contributed by atoms with E-state index < -0.39 is 0 Å². The molecule has 112 valence electrons. The van der Waals surface area contributed by atoms with Gasteiger partial charge >= 0.3 is 0 Å². The van der Waals surface area contributed by atoms with E-state index in [1.807, 2.05) is 19.1 Å². The van der Waals surface area contributed by atoms with Crippen LogP contribution in [0.2, 0.25) is 0 Å². The number of hydrogen-bond acceptors (Lipinski definition) is 2. The summed E-state index contributed by atoms with van der Waals surface area (Å²) in [6.45, 7) is 4.26. The van der Waals surface area contributed by atoms with Gasteiger partial charge in [0.05, 0.1) is 7.11 Å². The first kappa shape index (κ1) is 15.3. The summed E-state index contributed by atoms with van der Waals surface area (Å²) in [5, 5.41) is 3.56. The average Bonchev–Trinajstić information content (AvgIpc) is 2.47. The van der Waals surface area contributed by atoms with Crippen molar-refractivity contribution in [1.82, 2.24) is 5.32 Å². The van der Waals surface area contributed by atoms with Crippen LogP contribution in [-0.4, -0.2) is 13.2 Å². The molecule has 1 fully saturated rings. The molecule has 1 N–H and O–H groups in total. The molecule has 0 spiro atoms. The Bertz CT molecular complexity index is 429.